The van der Waals surface area contributed by atoms with Gasteiger partial charge in [-0.3, -0.25) is 4.79 Å². The zero-order valence-electron chi connectivity index (χ0n) is 13.2. The number of hydrogen-bond acceptors (Lipinski definition) is 6. The Bertz CT molecular complexity index is 476. The quantitative estimate of drug-likeness (QED) is 0.775. The van der Waals surface area contributed by atoms with Gasteiger partial charge >= 0.3 is 5.97 Å². The summed E-state index contributed by atoms with van der Waals surface area (Å²) in [7, 11) is 1.41. The molecule has 6 heteroatoms. The van der Waals surface area contributed by atoms with Gasteiger partial charge in [-0.15, -0.1) is 11.8 Å². The standard InChI is InChI=1S/C15H24N2O3S/c1-15(2,3)21-9-11-16-13(20-17-11)12(14(18)19-4)10-7-5-6-8-10/h10,12H,5-9H2,1-4H3. The Morgan fingerprint density at radius 3 is 2.67 bits per heavy atom. The molecule has 1 unspecified atom stereocenters. The van der Waals surface area contributed by atoms with E-state index in [2.05, 4.69) is 30.9 Å². The van der Waals surface area contributed by atoms with Gasteiger partial charge in [0, 0.05) is 4.75 Å². The van der Waals surface area contributed by atoms with Crippen LogP contribution in [0.5, 0.6) is 0 Å². The number of esters is 1. The van der Waals surface area contributed by atoms with E-state index in [0.717, 1.165) is 25.7 Å². The molecular formula is C15H24N2O3S. The zero-order valence-corrected chi connectivity index (χ0v) is 14.0. The second-order valence-electron chi connectivity index (χ2n) is 6.50. The lowest BCUT2D eigenvalue weighted by molar-refractivity contribution is -0.144. The van der Waals surface area contributed by atoms with E-state index in [1.165, 1.54) is 7.11 Å². The predicted octanol–water partition coefficient (Wildman–Crippen LogP) is 3.55. The van der Waals surface area contributed by atoms with Crippen molar-refractivity contribution in [1.29, 1.82) is 0 Å². The fourth-order valence-electron chi connectivity index (χ4n) is 2.65. The van der Waals surface area contributed by atoms with Crippen molar-refractivity contribution in [3.63, 3.8) is 0 Å². The molecule has 0 saturated heterocycles. The van der Waals surface area contributed by atoms with Gasteiger partial charge in [0.05, 0.1) is 12.9 Å². The minimum Gasteiger partial charge on any atom is -0.468 e. The third kappa shape index (κ3) is 4.46. The molecule has 21 heavy (non-hydrogen) atoms. The third-order valence-corrected chi connectivity index (χ3v) is 4.98. The summed E-state index contributed by atoms with van der Waals surface area (Å²) >= 11 is 1.76. The largest absolute Gasteiger partial charge is 0.468 e. The molecule has 1 saturated carbocycles. The fourth-order valence-corrected chi connectivity index (χ4v) is 3.33. The second kappa shape index (κ2) is 6.81. The highest BCUT2D eigenvalue weighted by atomic mass is 32.2. The highest BCUT2D eigenvalue weighted by Gasteiger charge is 2.37. The lowest BCUT2D eigenvalue weighted by atomic mass is 9.91. The van der Waals surface area contributed by atoms with Gasteiger partial charge in [-0.1, -0.05) is 38.8 Å². The van der Waals surface area contributed by atoms with E-state index in [-0.39, 0.29) is 16.6 Å². The van der Waals surface area contributed by atoms with Crippen LogP contribution in [0.3, 0.4) is 0 Å². The summed E-state index contributed by atoms with van der Waals surface area (Å²) in [6.07, 6.45) is 4.35. The summed E-state index contributed by atoms with van der Waals surface area (Å²) in [6.45, 7) is 6.44. The Hall–Kier alpha value is -1.04. The Kier molecular flexibility index (Phi) is 5.30. The molecule has 0 radical (unpaired) electrons. The smallest absolute Gasteiger partial charge is 0.318 e. The van der Waals surface area contributed by atoms with Gasteiger partial charge in [-0.2, -0.15) is 4.98 Å². The van der Waals surface area contributed by atoms with Crippen molar-refractivity contribution in [3.8, 4) is 0 Å². The highest BCUT2D eigenvalue weighted by molar-refractivity contribution is 7.99. The molecule has 1 aliphatic rings. The Morgan fingerprint density at radius 2 is 2.10 bits per heavy atom. The van der Waals surface area contributed by atoms with Crippen molar-refractivity contribution in [3.05, 3.63) is 11.7 Å². The number of rotatable bonds is 5. The molecule has 1 atom stereocenters. The van der Waals surface area contributed by atoms with Crippen LogP contribution in [0.2, 0.25) is 0 Å². The van der Waals surface area contributed by atoms with E-state index in [0.29, 0.717) is 17.5 Å². The number of aromatic nitrogens is 2. The normalized spacial score (nSPS) is 17.9. The highest BCUT2D eigenvalue weighted by Crippen LogP contribution is 2.37. The number of carbonyl (C=O) groups excluding carboxylic acids is 1. The van der Waals surface area contributed by atoms with Crippen LogP contribution in [-0.2, 0) is 15.3 Å². The number of ether oxygens (including phenoxy) is 1. The Balaban J connectivity index is 2.10. The van der Waals surface area contributed by atoms with Crippen molar-refractivity contribution in [1.82, 2.24) is 10.1 Å². The number of carbonyl (C=O) groups is 1. The number of methoxy groups -OCH3 is 1. The predicted molar refractivity (Wildman–Crippen MR) is 82.1 cm³/mol. The van der Waals surface area contributed by atoms with Crippen molar-refractivity contribution < 1.29 is 14.1 Å². The minimum atomic E-state index is -0.404. The van der Waals surface area contributed by atoms with Crippen LogP contribution in [0.1, 0.15) is 64.1 Å². The van der Waals surface area contributed by atoms with Crippen molar-refractivity contribution in [2.75, 3.05) is 7.11 Å². The third-order valence-electron chi connectivity index (χ3n) is 3.71. The van der Waals surface area contributed by atoms with E-state index in [9.17, 15) is 4.79 Å². The average molecular weight is 312 g/mol. The van der Waals surface area contributed by atoms with Crippen LogP contribution >= 0.6 is 11.8 Å². The summed E-state index contributed by atoms with van der Waals surface area (Å²) in [6, 6.07) is 0. The van der Waals surface area contributed by atoms with E-state index >= 15 is 0 Å². The van der Waals surface area contributed by atoms with Crippen LogP contribution < -0.4 is 0 Å². The molecule has 5 nitrogen and oxygen atoms in total. The number of nitrogens with zero attached hydrogens (tertiary/aromatic N) is 2. The molecular weight excluding hydrogens is 288 g/mol. The van der Waals surface area contributed by atoms with Crippen LogP contribution in [0.15, 0.2) is 4.52 Å². The maximum Gasteiger partial charge on any atom is 0.318 e. The molecule has 1 aliphatic carbocycles. The van der Waals surface area contributed by atoms with E-state index in [1.54, 1.807) is 11.8 Å². The van der Waals surface area contributed by atoms with Gasteiger partial charge < -0.3 is 9.26 Å². The van der Waals surface area contributed by atoms with Gasteiger partial charge in [-0.05, 0) is 18.8 Å². The van der Waals surface area contributed by atoms with Crippen LogP contribution in [0.4, 0.5) is 0 Å². The molecule has 0 bridgehead atoms. The first kappa shape index (κ1) is 16.3. The summed E-state index contributed by atoms with van der Waals surface area (Å²) in [5.41, 5.74) is 0. The van der Waals surface area contributed by atoms with Gasteiger partial charge in [0.1, 0.15) is 5.92 Å². The van der Waals surface area contributed by atoms with Crippen LogP contribution in [-0.4, -0.2) is 28.0 Å². The first-order chi connectivity index (χ1) is 9.90. The van der Waals surface area contributed by atoms with Crippen molar-refractivity contribution in [2.24, 2.45) is 5.92 Å². The van der Waals surface area contributed by atoms with Crippen molar-refractivity contribution >= 4 is 17.7 Å². The summed E-state index contributed by atoms with van der Waals surface area (Å²) < 4.78 is 10.4. The summed E-state index contributed by atoms with van der Waals surface area (Å²) in [5, 5.41) is 4.01. The van der Waals surface area contributed by atoms with Crippen LogP contribution in [0, 0.1) is 5.92 Å². The molecule has 0 spiro atoms. The lowest BCUT2D eigenvalue weighted by Crippen LogP contribution is -2.22. The molecule has 0 aliphatic heterocycles. The van der Waals surface area contributed by atoms with Gasteiger partial charge in [0.25, 0.3) is 0 Å². The maximum atomic E-state index is 12.1. The maximum absolute atomic E-state index is 12.1. The van der Waals surface area contributed by atoms with Gasteiger partial charge in [0.2, 0.25) is 5.89 Å². The second-order valence-corrected chi connectivity index (χ2v) is 8.30. The van der Waals surface area contributed by atoms with Crippen molar-refractivity contribution in [2.45, 2.75) is 62.9 Å². The minimum absolute atomic E-state index is 0.147. The summed E-state index contributed by atoms with van der Waals surface area (Å²) in [5.74, 6) is 1.35. The molecule has 0 amide bonds. The van der Waals surface area contributed by atoms with Gasteiger partial charge in [-0.25, -0.2) is 0 Å². The van der Waals surface area contributed by atoms with Crippen LogP contribution in [0.25, 0.3) is 0 Å². The molecule has 1 aromatic heterocycles. The first-order valence-electron chi connectivity index (χ1n) is 7.45. The molecule has 1 fully saturated rings. The monoisotopic (exact) mass is 312 g/mol. The van der Waals surface area contributed by atoms with E-state index in [1.807, 2.05) is 0 Å². The molecule has 0 N–H and O–H groups in total. The molecule has 0 aromatic carbocycles. The Labute approximate surface area is 130 Å². The number of hydrogen-bond donors (Lipinski definition) is 0. The van der Waals surface area contributed by atoms with E-state index < -0.39 is 5.92 Å². The van der Waals surface area contributed by atoms with Gasteiger partial charge in [0.15, 0.2) is 5.82 Å². The molecule has 1 heterocycles. The molecule has 2 rings (SSSR count). The van der Waals surface area contributed by atoms with E-state index in [4.69, 9.17) is 9.26 Å². The zero-order chi connectivity index (χ0) is 15.5. The lowest BCUT2D eigenvalue weighted by Gasteiger charge is -2.17. The topological polar surface area (TPSA) is 65.2 Å². The summed E-state index contributed by atoms with van der Waals surface area (Å²) in [4.78, 5) is 16.5. The molecule has 1 aromatic rings. The first-order valence-corrected chi connectivity index (χ1v) is 8.43. The SMILES string of the molecule is COC(=O)C(c1nc(CSC(C)(C)C)no1)C1CCCC1. The number of thioether (sulfide) groups is 1. The molecule has 118 valence electrons. The fraction of sp³-hybridized carbons (Fsp3) is 0.800. The Morgan fingerprint density at radius 1 is 1.43 bits per heavy atom. The average Bonchev–Trinajstić information content (AvgIpc) is 3.07.